The van der Waals surface area contributed by atoms with Crippen LogP contribution in [0.4, 0.5) is 12.9 Å². The zero-order chi connectivity index (χ0) is 11.6. The topological polar surface area (TPSA) is 9.23 Å². The van der Waals surface area contributed by atoms with E-state index in [9.17, 15) is 12.9 Å². The Kier molecular flexibility index (Phi) is 7.94. The third-order valence-corrected chi connectivity index (χ3v) is 2.90. The Morgan fingerprint density at radius 2 is 1.75 bits per heavy atom. The number of hydrogen-bond acceptors (Lipinski definition) is 1. The minimum Gasteiger partial charge on any atom is -0.520 e. The normalized spacial score (nSPS) is 10.9. The van der Waals surface area contributed by atoms with Crippen LogP contribution in [0.25, 0.3) is 0 Å². The van der Waals surface area contributed by atoms with Crippen LogP contribution in [-0.2, 0) is 0 Å². The molecule has 0 aliphatic rings. The molecular formula is C7H4BBrCl2F3KO. The predicted octanol–water partition coefficient (Wildman–Crippen LogP) is 1.53. The van der Waals surface area contributed by atoms with E-state index in [1.807, 2.05) is 0 Å². The molecule has 0 unspecified atom stereocenters. The van der Waals surface area contributed by atoms with E-state index in [1.54, 1.807) is 0 Å². The summed E-state index contributed by atoms with van der Waals surface area (Å²) in [6.45, 7) is -6.33. The molecule has 1 aromatic carbocycles. The standard InChI is InChI=1S/C7H4BBrCl2F3O.K/c9-4-1-6(11)7(2-5(4)10)15-3-8(12,13)14;/h1-2H,3H2;/q-1;+1. The van der Waals surface area contributed by atoms with Crippen LogP contribution < -0.4 is 56.1 Å². The van der Waals surface area contributed by atoms with Crippen LogP contribution in [0, 0.1) is 0 Å². The second kappa shape index (κ2) is 7.23. The van der Waals surface area contributed by atoms with Gasteiger partial charge in [-0.15, -0.1) is 0 Å². The van der Waals surface area contributed by atoms with Gasteiger partial charge in [0, 0.05) is 10.5 Å². The number of ether oxygens (including phenoxy) is 1. The minimum absolute atomic E-state index is 0. The van der Waals surface area contributed by atoms with Gasteiger partial charge >= 0.3 is 58.4 Å². The van der Waals surface area contributed by atoms with Gasteiger partial charge in [-0.1, -0.05) is 23.2 Å². The van der Waals surface area contributed by atoms with Crippen LogP contribution in [-0.4, -0.2) is 13.5 Å². The van der Waals surface area contributed by atoms with Crippen molar-refractivity contribution in [3.63, 3.8) is 0 Å². The molecule has 0 heterocycles. The van der Waals surface area contributed by atoms with E-state index in [2.05, 4.69) is 20.7 Å². The summed E-state index contributed by atoms with van der Waals surface area (Å²) in [5.41, 5.74) is 0. The third-order valence-electron chi connectivity index (χ3n) is 1.40. The largest absolute Gasteiger partial charge is 1.00 e. The molecule has 1 rings (SSSR count). The molecule has 0 saturated carbocycles. The molecule has 0 aromatic heterocycles. The Morgan fingerprint density at radius 3 is 2.25 bits per heavy atom. The molecule has 0 aliphatic carbocycles. The van der Waals surface area contributed by atoms with Gasteiger partial charge in [0.1, 0.15) is 5.75 Å². The first kappa shape index (κ1) is 17.6. The fourth-order valence-electron chi connectivity index (χ4n) is 0.799. The molecule has 0 saturated heterocycles. The summed E-state index contributed by atoms with van der Waals surface area (Å²) in [7, 11) is 0. The van der Waals surface area contributed by atoms with Crippen molar-refractivity contribution in [2.75, 3.05) is 6.51 Å². The van der Waals surface area contributed by atoms with Gasteiger partial charge in [-0.05, 0) is 22.0 Å². The molecule has 1 aromatic rings. The Labute approximate surface area is 152 Å². The molecule has 16 heavy (non-hydrogen) atoms. The van der Waals surface area contributed by atoms with Crippen molar-refractivity contribution in [3.05, 3.63) is 26.7 Å². The summed E-state index contributed by atoms with van der Waals surface area (Å²) in [6, 6.07) is 2.61. The van der Waals surface area contributed by atoms with E-state index in [4.69, 9.17) is 23.2 Å². The summed E-state index contributed by atoms with van der Waals surface area (Å²) in [5, 5.41) is 0.315. The van der Waals surface area contributed by atoms with Crippen LogP contribution in [0.3, 0.4) is 0 Å². The summed E-state index contributed by atoms with van der Waals surface area (Å²) in [5.74, 6) is -0.0796. The van der Waals surface area contributed by atoms with Crippen LogP contribution in [0.1, 0.15) is 0 Å². The fourth-order valence-corrected chi connectivity index (χ4v) is 1.65. The molecule has 0 fully saturated rings. The first-order valence-corrected chi connectivity index (χ1v) is 5.33. The molecule has 1 nitrogen and oxygen atoms in total. The van der Waals surface area contributed by atoms with Crippen LogP contribution in [0.2, 0.25) is 10.0 Å². The summed E-state index contributed by atoms with van der Waals surface area (Å²) < 4.78 is 40.7. The zero-order valence-electron chi connectivity index (χ0n) is 8.12. The van der Waals surface area contributed by atoms with Gasteiger partial charge < -0.3 is 17.7 Å². The number of hydrogen-bond donors (Lipinski definition) is 0. The summed E-state index contributed by atoms with van der Waals surface area (Å²) in [6.07, 6.45) is 0. The minimum atomic E-state index is -5.00. The molecule has 0 amide bonds. The van der Waals surface area contributed by atoms with Gasteiger partial charge in [0.05, 0.1) is 16.6 Å². The smallest absolute Gasteiger partial charge is 0.520 e. The van der Waals surface area contributed by atoms with Crippen molar-refractivity contribution >= 4 is 46.1 Å². The SMILES string of the molecule is F[B-](F)(F)COc1cc(Cl)c(Br)cc1Cl.[K+]. The molecule has 0 N–H and O–H groups in total. The van der Waals surface area contributed by atoms with E-state index in [1.165, 1.54) is 12.1 Å². The van der Waals surface area contributed by atoms with Gasteiger partial charge in [-0.3, -0.25) is 0 Å². The van der Waals surface area contributed by atoms with Crippen molar-refractivity contribution in [2.24, 2.45) is 0 Å². The number of halogens is 6. The first-order valence-electron chi connectivity index (χ1n) is 3.78. The van der Waals surface area contributed by atoms with Crippen molar-refractivity contribution in [2.45, 2.75) is 0 Å². The first-order chi connectivity index (χ1) is 6.79. The molecule has 0 radical (unpaired) electrons. The number of benzene rings is 1. The van der Waals surface area contributed by atoms with Crippen molar-refractivity contribution in [3.8, 4) is 5.75 Å². The van der Waals surface area contributed by atoms with E-state index < -0.39 is 13.5 Å². The molecule has 9 heteroatoms. The van der Waals surface area contributed by atoms with Gasteiger partial charge in [0.2, 0.25) is 0 Å². The van der Waals surface area contributed by atoms with Crippen molar-refractivity contribution < 1.29 is 69.1 Å². The van der Waals surface area contributed by atoms with Crippen LogP contribution >= 0.6 is 39.1 Å². The molecule has 84 valence electrons. The van der Waals surface area contributed by atoms with Gasteiger partial charge in [0.25, 0.3) is 0 Å². The van der Waals surface area contributed by atoms with Crippen LogP contribution in [0.5, 0.6) is 5.75 Å². The fraction of sp³-hybridized carbons (Fsp3) is 0.143. The maximum Gasteiger partial charge on any atom is 1.00 e. The molecule has 0 atom stereocenters. The Morgan fingerprint density at radius 1 is 1.19 bits per heavy atom. The summed E-state index contributed by atoms with van der Waals surface area (Å²) >= 11 is 14.4. The zero-order valence-corrected chi connectivity index (χ0v) is 14.3. The van der Waals surface area contributed by atoms with Gasteiger partial charge in [0.15, 0.2) is 0 Å². The second-order valence-electron chi connectivity index (χ2n) is 2.72. The third kappa shape index (κ3) is 5.95. The average Bonchev–Trinajstić information content (AvgIpc) is 2.07. The Bertz CT molecular complexity index is 377. The average molecular weight is 362 g/mol. The van der Waals surface area contributed by atoms with Crippen molar-refractivity contribution in [1.82, 2.24) is 0 Å². The second-order valence-corrected chi connectivity index (χ2v) is 4.39. The van der Waals surface area contributed by atoms with E-state index in [0.717, 1.165) is 0 Å². The van der Waals surface area contributed by atoms with Crippen molar-refractivity contribution in [1.29, 1.82) is 0 Å². The Hall–Kier alpha value is 1.57. The molecule has 0 spiro atoms. The quantitative estimate of drug-likeness (QED) is 0.586. The maximum atomic E-state index is 11.9. The molecule has 0 bridgehead atoms. The van der Waals surface area contributed by atoms with E-state index in [0.29, 0.717) is 4.47 Å². The summed E-state index contributed by atoms with van der Waals surface area (Å²) in [4.78, 5) is 0. The number of rotatable bonds is 3. The van der Waals surface area contributed by atoms with Crippen LogP contribution in [0.15, 0.2) is 16.6 Å². The van der Waals surface area contributed by atoms with Gasteiger partial charge in [-0.25, -0.2) is 0 Å². The van der Waals surface area contributed by atoms with E-state index in [-0.39, 0.29) is 67.2 Å². The van der Waals surface area contributed by atoms with Gasteiger partial charge in [-0.2, -0.15) is 0 Å². The predicted molar refractivity (Wildman–Crippen MR) is 58.7 cm³/mol. The van der Waals surface area contributed by atoms with E-state index >= 15 is 0 Å². The molecule has 0 aliphatic heterocycles. The molecular weight excluding hydrogens is 358 g/mol. The maximum absolute atomic E-state index is 11.9. The monoisotopic (exact) mass is 360 g/mol. The Balaban J connectivity index is 0.00000225.